The zero-order valence-electron chi connectivity index (χ0n) is 9.15. The Bertz CT molecular complexity index is 141. The SMILES string of the molecule is CC(C)CCN1CCC(C)(F)CC1. The molecule has 78 valence electrons. The van der Waals surface area contributed by atoms with Gasteiger partial charge >= 0.3 is 0 Å². The first-order valence-electron chi connectivity index (χ1n) is 5.41. The maximum atomic E-state index is 13.4. The van der Waals surface area contributed by atoms with Gasteiger partial charge in [0, 0.05) is 13.1 Å². The maximum absolute atomic E-state index is 13.4. The van der Waals surface area contributed by atoms with Gasteiger partial charge in [0.15, 0.2) is 0 Å². The Balaban J connectivity index is 2.18. The molecule has 0 saturated carbocycles. The van der Waals surface area contributed by atoms with Crippen LogP contribution in [0.2, 0.25) is 0 Å². The van der Waals surface area contributed by atoms with Crippen LogP contribution in [0.4, 0.5) is 4.39 Å². The summed E-state index contributed by atoms with van der Waals surface area (Å²) in [4.78, 5) is 2.39. The van der Waals surface area contributed by atoms with E-state index < -0.39 is 5.67 Å². The van der Waals surface area contributed by atoms with Gasteiger partial charge in [-0.25, -0.2) is 4.39 Å². The van der Waals surface area contributed by atoms with Crippen molar-refractivity contribution in [2.75, 3.05) is 19.6 Å². The molecular formula is C11H22FN. The van der Waals surface area contributed by atoms with Crippen molar-refractivity contribution in [3.05, 3.63) is 0 Å². The van der Waals surface area contributed by atoms with Gasteiger partial charge in [-0.2, -0.15) is 0 Å². The predicted octanol–water partition coefficient (Wildman–Crippen LogP) is 2.86. The number of hydrogen-bond acceptors (Lipinski definition) is 1. The molecule has 0 aromatic heterocycles. The Hall–Kier alpha value is -0.110. The number of likely N-dealkylation sites (tertiary alicyclic amines) is 1. The molecule has 0 radical (unpaired) electrons. The molecule has 0 N–H and O–H groups in total. The van der Waals surface area contributed by atoms with Crippen LogP contribution in [0.3, 0.4) is 0 Å². The third-order valence-electron chi connectivity index (χ3n) is 2.92. The molecule has 1 heterocycles. The molecule has 0 atom stereocenters. The van der Waals surface area contributed by atoms with E-state index in [0.717, 1.165) is 25.6 Å². The van der Waals surface area contributed by atoms with Crippen LogP contribution in [0, 0.1) is 5.92 Å². The fraction of sp³-hybridized carbons (Fsp3) is 1.00. The summed E-state index contributed by atoms with van der Waals surface area (Å²) in [6.07, 6.45) is 2.67. The van der Waals surface area contributed by atoms with Crippen molar-refractivity contribution in [3.8, 4) is 0 Å². The minimum Gasteiger partial charge on any atom is -0.303 e. The van der Waals surface area contributed by atoms with E-state index >= 15 is 0 Å². The van der Waals surface area contributed by atoms with Gasteiger partial charge in [-0.05, 0) is 38.6 Å². The first-order chi connectivity index (χ1) is 5.99. The lowest BCUT2D eigenvalue weighted by molar-refractivity contribution is 0.0720. The topological polar surface area (TPSA) is 3.24 Å². The van der Waals surface area contributed by atoms with E-state index in [-0.39, 0.29) is 0 Å². The maximum Gasteiger partial charge on any atom is 0.110 e. The molecule has 0 spiro atoms. The third-order valence-corrected chi connectivity index (χ3v) is 2.92. The van der Waals surface area contributed by atoms with E-state index in [9.17, 15) is 4.39 Å². The van der Waals surface area contributed by atoms with Crippen LogP contribution < -0.4 is 0 Å². The third kappa shape index (κ3) is 4.08. The minimum absolute atomic E-state index is 0.713. The fourth-order valence-electron chi connectivity index (χ4n) is 1.68. The summed E-state index contributed by atoms with van der Waals surface area (Å²) in [7, 11) is 0. The second-order valence-corrected chi connectivity index (χ2v) is 4.94. The Kier molecular flexibility index (Phi) is 3.72. The Morgan fingerprint density at radius 1 is 1.31 bits per heavy atom. The van der Waals surface area contributed by atoms with Crippen LogP contribution in [-0.4, -0.2) is 30.2 Å². The normalized spacial score (nSPS) is 23.8. The monoisotopic (exact) mass is 187 g/mol. The average Bonchev–Trinajstić information content (AvgIpc) is 2.02. The van der Waals surface area contributed by atoms with E-state index in [2.05, 4.69) is 18.7 Å². The molecule has 1 aliphatic rings. The highest BCUT2D eigenvalue weighted by Gasteiger charge is 2.28. The van der Waals surface area contributed by atoms with Crippen molar-refractivity contribution in [2.45, 2.75) is 45.7 Å². The van der Waals surface area contributed by atoms with Crippen LogP contribution in [-0.2, 0) is 0 Å². The van der Waals surface area contributed by atoms with Gasteiger partial charge in [0.1, 0.15) is 5.67 Å². The van der Waals surface area contributed by atoms with E-state index in [1.54, 1.807) is 6.92 Å². The Labute approximate surface area is 81.3 Å². The number of nitrogens with zero attached hydrogens (tertiary/aromatic N) is 1. The van der Waals surface area contributed by atoms with Crippen LogP contribution in [0.1, 0.15) is 40.0 Å². The molecule has 1 fully saturated rings. The van der Waals surface area contributed by atoms with Crippen molar-refractivity contribution in [3.63, 3.8) is 0 Å². The van der Waals surface area contributed by atoms with Gasteiger partial charge in [0.2, 0.25) is 0 Å². The molecule has 1 nitrogen and oxygen atoms in total. The summed E-state index contributed by atoms with van der Waals surface area (Å²) in [6, 6.07) is 0. The fourth-order valence-corrected chi connectivity index (χ4v) is 1.68. The molecule has 1 saturated heterocycles. The van der Waals surface area contributed by atoms with Crippen molar-refractivity contribution in [2.24, 2.45) is 5.92 Å². The van der Waals surface area contributed by atoms with Crippen LogP contribution >= 0.6 is 0 Å². The molecule has 0 bridgehead atoms. The number of piperidine rings is 1. The molecule has 1 aliphatic heterocycles. The molecule has 1 rings (SSSR count). The Morgan fingerprint density at radius 2 is 1.85 bits per heavy atom. The molecule has 0 aromatic carbocycles. The van der Waals surface area contributed by atoms with Gasteiger partial charge in [0.05, 0.1) is 0 Å². The van der Waals surface area contributed by atoms with Crippen LogP contribution in [0.25, 0.3) is 0 Å². The van der Waals surface area contributed by atoms with Crippen molar-refractivity contribution in [1.82, 2.24) is 4.90 Å². The van der Waals surface area contributed by atoms with E-state index in [0.29, 0.717) is 12.8 Å². The molecule has 13 heavy (non-hydrogen) atoms. The van der Waals surface area contributed by atoms with Gasteiger partial charge in [0.25, 0.3) is 0 Å². The highest BCUT2D eigenvalue weighted by atomic mass is 19.1. The van der Waals surface area contributed by atoms with E-state index in [4.69, 9.17) is 0 Å². The largest absolute Gasteiger partial charge is 0.303 e. The number of halogens is 1. The second-order valence-electron chi connectivity index (χ2n) is 4.94. The first kappa shape index (κ1) is 11.0. The van der Waals surface area contributed by atoms with Gasteiger partial charge in [-0.15, -0.1) is 0 Å². The number of hydrogen-bond donors (Lipinski definition) is 0. The first-order valence-corrected chi connectivity index (χ1v) is 5.41. The van der Waals surface area contributed by atoms with E-state index in [1.807, 2.05) is 0 Å². The molecule has 0 aliphatic carbocycles. The molecule has 2 heteroatoms. The van der Waals surface area contributed by atoms with Crippen molar-refractivity contribution < 1.29 is 4.39 Å². The standard InChI is InChI=1S/C11H22FN/c1-10(2)4-7-13-8-5-11(3,12)6-9-13/h10H,4-9H2,1-3H3. The van der Waals surface area contributed by atoms with Crippen molar-refractivity contribution in [1.29, 1.82) is 0 Å². The Morgan fingerprint density at radius 3 is 2.31 bits per heavy atom. The summed E-state index contributed by atoms with van der Waals surface area (Å²) < 4.78 is 13.4. The van der Waals surface area contributed by atoms with Gasteiger partial charge < -0.3 is 4.90 Å². The highest BCUT2D eigenvalue weighted by molar-refractivity contribution is 4.81. The van der Waals surface area contributed by atoms with Crippen LogP contribution in [0.5, 0.6) is 0 Å². The van der Waals surface area contributed by atoms with Crippen LogP contribution in [0.15, 0.2) is 0 Å². The molecular weight excluding hydrogens is 165 g/mol. The summed E-state index contributed by atoms with van der Waals surface area (Å²) in [6.45, 7) is 9.24. The zero-order valence-corrected chi connectivity index (χ0v) is 9.15. The zero-order chi connectivity index (χ0) is 9.90. The summed E-state index contributed by atoms with van der Waals surface area (Å²) in [5.41, 5.74) is -0.895. The van der Waals surface area contributed by atoms with Crippen molar-refractivity contribution >= 4 is 0 Å². The average molecular weight is 187 g/mol. The summed E-state index contributed by atoms with van der Waals surface area (Å²) >= 11 is 0. The number of alkyl halides is 1. The second kappa shape index (κ2) is 4.41. The minimum atomic E-state index is -0.895. The molecule has 0 aromatic rings. The number of rotatable bonds is 3. The smallest absolute Gasteiger partial charge is 0.110 e. The quantitative estimate of drug-likeness (QED) is 0.656. The summed E-state index contributed by atoms with van der Waals surface area (Å²) in [5.74, 6) is 0.763. The lowest BCUT2D eigenvalue weighted by Crippen LogP contribution is -2.40. The summed E-state index contributed by atoms with van der Waals surface area (Å²) in [5, 5.41) is 0. The van der Waals surface area contributed by atoms with Gasteiger partial charge in [-0.1, -0.05) is 13.8 Å². The van der Waals surface area contributed by atoms with Gasteiger partial charge in [-0.3, -0.25) is 0 Å². The lowest BCUT2D eigenvalue weighted by atomic mass is 9.95. The van der Waals surface area contributed by atoms with E-state index in [1.165, 1.54) is 6.42 Å². The predicted molar refractivity (Wildman–Crippen MR) is 54.6 cm³/mol. The highest BCUT2D eigenvalue weighted by Crippen LogP contribution is 2.25. The molecule has 0 amide bonds. The lowest BCUT2D eigenvalue weighted by Gasteiger charge is -2.34. The molecule has 0 unspecified atom stereocenters.